The quantitative estimate of drug-likeness (QED) is 0.833. The van der Waals surface area contributed by atoms with Crippen molar-refractivity contribution in [1.82, 2.24) is 0 Å². The van der Waals surface area contributed by atoms with Gasteiger partial charge in [0, 0.05) is 24.9 Å². The van der Waals surface area contributed by atoms with E-state index in [1.807, 2.05) is 6.07 Å². The van der Waals surface area contributed by atoms with E-state index in [-0.39, 0.29) is 17.9 Å². The maximum atomic E-state index is 12.6. The van der Waals surface area contributed by atoms with Gasteiger partial charge < -0.3 is 20.1 Å². The molecule has 0 bridgehead atoms. The number of para-hydroxylation sites is 1. The van der Waals surface area contributed by atoms with Crippen LogP contribution in [-0.2, 0) is 9.53 Å². The molecule has 1 heterocycles. The van der Waals surface area contributed by atoms with Gasteiger partial charge in [-0.05, 0) is 49.2 Å². The average molecular weight is 354 g/mol. The van der Waals surface area contributed by atoms with Crippen LogP contribution in [0.25, 0.3) is 0 Å². The Labute approximate surface area is 152 Å². The van der Waals surface area contributed by atoms with E-state index in [4.69, 9.17) is 9.47 Å². The number of amides is 2. The molecule has 6 heteroatoms. The third-order valence-corrected chi connectivity index (χ3v) is 4.04. The summed E-state index contributed by atoms with van der Waals surface area (Å²) in [6.07, 6.45) is 2.12. The van der Waals surface area contributed by atoms with Crippen molar-refractivity contribution in [2.75, 3.05) is 23.8 Å². The van der Waals surface area contributed by atoms with Gasteiger partial charge in [-0.2, -0.15) is 0 Å². The molecule has 0 saturated carbocycles. The molecule has 0 unspecified atom stereocenters. The summed E-state index contributed by atoms with van der Waals surface area (Å²) in [4.78, 5) is 23.7. The van der Waals surface area contributed by atoms with Crippen LogP contribution in [0.3, 0.4) is 0 Å². The first kappa shape index (κ1) is 17.9. The highest BCUT2D eigenvalue weighted by molar-refractivity contribution is 6.06. The Morgan fingerprint density at radius 2 is 1.77 bits per heavy atom. The van der Waals surface area contributed by atoms with Crippen LogP contribution in [0.15, 0.2) is 48.5 Å². The third-order valence-electron chi connectivity index (χ3n) is 4.04. The van der Waals surface area contributed by atoms with Gasteiger partial charge in [0.2, 0.25) is 5.91 Å². The fraction of sp³-hybridized carbons (Fsp3) is 0.300. The molecule has 2 aromatic carbocycles. The summed E-state index contributed by atoms with van der Waals surface area (Å²) in [6, 6.07) is 14.1. The molecule has 26 heavy (non-hydrogen) atoms. The van der Waals surface area contributed by atoms with Gasteiger partial charge >= 0.3 is 0 Å². The van der Waals surface area contributed by atoms with Crippen LogP contribution in [-0.4, -0.2) is 31.1 Å². The van der Waals surface area contributed by atoms with Gasteiger partial charge in [-0.1, -0.05) is 12.1 Å². The number of ether oxygens (including phenoxy) is 2. The molecule has 0 radical (unpaired) electrons. The van der Waals surface area contributed by atoms with E-state index in [0.29, 0.717) is 29.3 Å². The monoisotopic (exact) mass is 354 g/mol. The summed E-state index contributed by atoms with van der Waals surface area (Å²) >= 11 is 0. The molecule has 1 saturated heterocycles. The maximum Gasteiger partial charge on any atom is 0.259 e. The molecule has 1 fully saturated rings. The lowest BCUT2D eigenvalue weighted by Gasteiger charge is -2.14. The van der Waals surface area contributed by atoms with Gasteiger partial charge in [-0.3, -0.25) is 9.59 Å². The highest BCUT2D eigenvalue weighted by atomic mass is 16.5. The van der Waals surface area contributed by atoms with Crippen LogP contribution in [0.4, 0.5) is 11.4 Å². The summed E-state index contributed by atoms with van der Waals surface area (Å²) in [6.45, 7) is 2.66. The Kier molecular flexibility index (Phi) is 5.86. The van der Waals surface area contributed by atoms with Crippen molar-refractivity contribution in [3.63, 3.8) is 0 Å². The molecule has 2 amide bonds. The van der Waals surface area contributed by atoms with E-state index in [2.05, 4.69) is 10.6 Å². The van der Waals surface area contributed by atoms with Crippen LogP contribution in [0, 0.1) is 0 Å². The Bertz CT molecular complexity index is 768. The van der Waals surface area contributed by atoms with E-state index < -0.39 is 0 Å². The Hall–Kier alpha value is -2.86. The van der Waals surface area contributed by atoms with Crippen LogP contribution in [0.1, 0.15) is 30.1 Å². The van der Waals surface area contributed by atoms with Crippen molar-refractivity contribution in [3.05, 3.63) is 54.1 Å². The van der Waals surface area contributed by atoms with Crippen molar-refractivity contribution in [3.8, 4) is 5.75 Å². The smallest absolute Gasteiger partial charge is 0.259 e. The topological polar surface area (TPSA) is 76.7 Å². The van der Waals surface area contributed by atoms with Crippen molar-refractivity contribution in [1.29, 1.82) is 0 Å². The second-order valence-corrected chi connectivity index (χ2v) is 6.15. The highest BCUT2D eigenvalue weighted by Crippen LogP contribution is 2.22. The van der Waals surface area contributed by atoms with Gasteiger partial charge in [-0.25, -0.2) is 0 Å². The molecule has 0 spiro atoms. The van der Waals surface area contributed by atoms with Crippen molar-refractivity contribution in [2.45, 2.75) is 25.9 Å². The number of hydrogen-bond donors (Lipinski definition) is 2. The maximum absolute atomic E-state index is 12.6. The molecule has 3 rings (SSSR count). The van der Waals surface area contributed by atoms with E-state index >= 15 is 0 Å². The zero-order valence-electron chi connectivity index (χ0n) is 14.7. The van der Waals surface area contributed by atoms with Crippen LogP contribution in [0.5, 0.6) is 5.75 Å². The van der Waals surface area contributed by atoms with E-state index in [9.17, 15) is 9.59 Å². The number of hydrogen-bond acceptors (Lipinski definition) is 4. The fourth-order valence-corrected chi connectivity index (χ4v) is 2.78. The molecule has 6 nitrogen and oxygen atoms in total. The molecule has 0 aromatic heterocycles. The van der Waals surface area contributed by atoms with Gasteiger partial charge in [-0.15, -0.1) is 0 Å². The largest absolute Gasteiger partial charge is 0.490 e. The van der Waals surface area contributed by atoms with Crippen LogP contribution >= 0.6 is 0 Å². The summed E-state index contributed by atoms with van der Waals surface area (Å²) in [5.74, 6) is 0.148. The first-order chi connectivity index (χ1) is 12.6. The molecule has 1 aliphatic heterocycles. The first-order valence-electron chi connectivity index (χ1n) is 8.64. The lowest BCUT2D eigenvalue weighted by molar-refractivity contribution is -0.114. The van der Waals surface area contributed by atoms with Crippen LogP contribution in [0.2, 0.25) is 0 Å². The van der Waals surface area contributed by atoms with Crippen molar-refractivity contribution >= 4 is 23.2 Å². The summed E-state index contributed by atoms with van der Waals surface area (Å²) in [5, 5.41) is 5.53. The third kappa shape index (κ3) is 4.83. The predicted molar refractivity (Wildman–Crippen MR) is 99.6 cm³/mol. The lowest BCUT2D eigenvalue weighted by Crippen LogP contribution is -2.19. The second kappa shape index (κ2) is 8.49. The molecular formula is C20H22N2O4. The fourth-order valence-electron chi connectivity index (χ4n) is 2.78. The van der Waals surface area contributed by atoms with Gasteiger partial charge in [0.05, 0.1) is 11.7 Å². The van der Waals surface area contributed by atoms with Gasteiger partial charge in [0.15, 0.2) is 0 Å². The number of anilines is 2. The second-order valence-electron chi connectivity index (χ2n) is 6.15. The zero-order valence-corrected chi connectivity index (χ0v) is 14.7. The predicted octanol–water partition coefficient (Wildman–Crippen LogP) is 3.46. The summed E-state index contributed by atoms with van der Waals surface area (Å²) in [5.41, 5.74) is 1.78. The van der Waals surface area contributed by atoms with E-state index in [1.54, 1.807) is 42.5 Å². The van der Waals surface area contributed by atoms with Gasteiger partial charge in [0.25, 0.3) is 5.91 Å². The average Bonchev–Trinajstić information content (AvgIpc) is 3.15. The van der Waals surface area contributed by atoms with Crippen LogP contribution < -0.4 is 15.4 Å². The Balaban J connectivity index is 1.64. The lowest BCUT2D eigenvalue weighted by atomic mass is 10.1. The molecule has 2 aromatic rings. The molecule has 1 aliphatic rings. The number of carbonyl (C=O) groups is 2. The summed E-state index contributed by atoms with van der Waals surface area (Å²) < 4.78 is 11.4. The SMILES string of the molecule is CC(=O)Nc1ccc(NC(=O)c2ccccc2OC[C@H]2CCCO2)cc1. The zero-order chi connectivity index (χ0) is 18.4. The number of benzene rings is 2. The standard InChI is InChI=1S/C20H22N2O4/c1-14(23)21-15-8-10-16(11-9-15)22-20(24)18-6-2-3-7-19(18)26-13-17-5-4-12-25-17/h2-3,6-11,17H,4-5,12-13H2,1H3,(H,21,23)(H,22,24)/t17-/m1/s1. The number of rotatable bonds is 6. The first-order valence-corrected chi connectivity index (χ1v) is 8.64. The number of carbonyl (C=O) groups excluding carboxylic acids is 2. The summed E-state index contributed by atoms with van der Waals surface area (Å²) in [7, 11) is 0. The minimum Gasteiger partial charge on any atom is -0.490 e. The number of nitrogens with one attached hydrogen (secondary N) is 2. The molecular weight excluding hydrogens is 332 g/mol. The normalized spacial score (nSPS) is 16.1. The minimum atomic E-state index is -0.250. The minimum absolute atomic E-state index is 0.0902. The Morgan fingerprint density at radius 3 is 2.42 bits per heavy atom. The Morgan fingerprint density at radius 1 is 1.08 bits per heavy atom. The molecule has 2 N–H and O–H groups in total. The highest BCUT2D eigenvalue weighted by Gasteiger charge is 2.18. The molecule has 136 valence electrons. The molecule has 0 aliphatic carbocycles. The molecule has 1 atom stereocenters. The van der Waals surface area contributed by atoms with Gasteiger partial charge in [0.1, 0.15) is 12.4 Å². The van der Waals surface area contributed by atoms with E-state index in [0.717, 1.165) is 19.4 Å². The van der Waals surface area contributed by atoms with Crippen molar-refractivity contribution < 1.29 is 19.1 Å². The van der Waals surface area contributed by atoms with E-state index in [1.165, 1.54) is 6.92 Å². The van der Waals surface area contributed by atoms with Crippen molar-refractivity contribution in [2.24, 2.45) is 0 Å².